The van der Waals surface area contributed by atoms with Gasteiger partial charge in [-0.3, -0.25) is 0 Å². The average molecular weight is 372 g/mol. The number of nitrogens with zero attached hydrogens (tertiary/aromatic N) is 1. The van der Waals surface area contributed by atoms with Crippen LogP contribution in [-0.4, -0.2) is 33.0 Å². The Hall–Kier alpha value is -1.83. The van der Waals surface area contributed by atoms with Crippen molar-refractivity contribution in [2.24, 2.45) is 0 Å². The predicted molar refractivity (Wildman–Crippen MR) is 87.5 cm³/mol. The van der Waals surface area contributed by atoms with E-state index >= 15 is 0 Å². The van der Waals surface area contributed by atoms with E-state index in [1.54, 1.807) is 18.2 Å². The first-order chi connectivity index (χ1) is 11.4. The molecule has 0 aromatic heterocycles. The van der Waals surface area contributed by atoms with Crippen LogP contribution < -0.4 is 9.47 Å². The molecule has 0 saturated carbocycles. The number of benzene rings is 2. The Kier molecular flexibility index (Phi) is 4.67. The van der Waals surface area contributed by atoms with Gasteiger partial charge in [-0.1, -0.05) is 17.7 Å². The largest absolute Gasteiger partial charge is 0.486 e. The van der Waals surface area contributed by atoms with Crippen LogP contribution in [0.2, 0.25) is 5.02 Å². The van der Waals surface area contributed by atoms with Gasteiger partial charge in [-0.05, 0) is 35.9 Å². The summed E-state index contributed by atoms with van der Waals surface area (Å²) in [7, 11) is -2.34. The van der Waals surface area contributed by atoms with E-state index < -0.39 is 15.8 Å². The van der Waals surface area contributed by atoms with Crippen LogP contribution in [0.1, 0.15) is 5.56 Å². The zero-order chi connectivity index (χ0) is 17.3. The molecule has 0 spiro atoms. The van der Waals surface area contributed by atoms with Gasteiger partial charge in [-0.2, -0.15) is 4.31 Å². The molecule has 2 aromatic rings. The van der Waals surface area contributed by atoms with Crippen LogP contribution in [0.15, 0.2) is 41.3 Å². The summed E-state index contributed by atoms with van der Waals surface area (Å²) in [5.41, 5.74) is 0.749. The standard InChI is InChI=1S/C16H15ClFNO4S/c1-19(24(20,21)12-3-4-14(18)13(17)9-12)10-11-2-5-15-16(8-11)23-7-6-22-15/h2-5,8-9H,6-7,10H2,1H3. The summed E-state index contributed by atoms with van der Waals surface area (Å²) in [6.07, 6.45) is 0. The maximum atomic E-state index is 13.2. The first kappa shape index (κ1) is 17.0. The summed E-state index contributed by atoms with van der Waals surface area (Å²) in [5, 5.41) is -0.233. The SMILES string of the molecule is CN(Cc1ccc2c(c1)OCCO2)S(=O)(=O)c1ccc(F)c(Cl)c1. The molecular formula is C16H15ClFNO4S. The van der Waals surface area contributed by atoms with Crippen molar-refractivity contribution < 1.29 is 22.3 Å². The molecule has 1 heterocycles. The van der Waals surface area contributed by atoms with Gasteiger partial charge in [0.1, 0.15) is 19.0 Å². The second kappa shape index (κ2) is 6.58. The minimum atomic E-state index is -3.79. The molecule has 0 atom stereocenters. The molecule has 0 bridgehead atoms. The summed E-state index contributed by atoms with van der Waals surface area (Å²) < 4.78 is 50.5. The first-order valence-electron chi connectivity index (χ1n) is 7.18. The zero-order valence-corrected chi connectivity index (χ0v) is 14.4. The fourth-order valence-electron chi connectivity index (χ4n) is 2.35. The number of ether oxygens (including phenoxy) is 2. The molecule has 0 saturated heterocycles. The number of rotatable bonds is 4. The van der Waals surface area contributed by atoms with Crippen LogP contribution in [0.3, 0.4) is 0 Å². The van der Waals surface area contributed by atoms with Gasteiger partial charge in [0.25, 0.3) is 0 Å². The van der Waals surface area contributed by atoms with Gasteiger partial charge >= 0.3 is 0 Å². The molecule has 1 aliphatic heterocycles. The fraction of sp³-hybridized carbons (Fsp3) is 0.250. The van der Waals surface area contributed by atoms with E-state index in [1.165, 1.54) is 17.4 Å². The van der Waals surface area contributed by atoms with Crippen molar-refractivity contribution in [2.45, 2.75) is 11.4 Å². The third kappa shape index (κ3) is 3.33. The van der Waals surface area contributed by atoms with Gasteiger partial charge in [0.05, 0.1) is 9.92 Å². The second-order valence-corrected chi connectivity index (χ2v) is 7.77. The number of fused-ring (bicyclic) bond motifs is 1. The maximum Gasteiger partial charge on any atom is 0.243 e. The lowest BCUT2D eigenvalue weighted by Crippen LogP contribution is -2.26. The van der Waals surface area contributed by atoms with Crippen LogP contribution >= 0.6 is 11.6 Å². The van der Waals surface area contributed by atoms with Gasteiger partial charge < -0.3 is 9.47 Å². The summed E-state index contributed by atoms with van der Waals surface area (Å²) in [4.78, 5) is -0.0612. The smallest absolute Gasteiger partial charge is 0.243 e. The van der Waals surface area contributed by atoms with E-state index in [-0.39, 0.29) is 16.5 Å². The fourth-order valence-corrected chi connectivity index (χ4v) is 3.78. The Balaban J connectivity index is 1.83. The van der Waals surface area contributed by atoms with E-state index in [0.29, 0.717) is 24.7 Å². The van der Waals surface area contributed by atoms with Crippen molar-refractivity contribution in [3.63, 3.8) is 0 Å². The number of sulfonamides is 1. The van der Waals surface area contributed by atoms with Crippen molar-refractivity contribution in [3.05, 3.63) is 52.8 Å². The summed E-state index contributed by atoms with van der Waals surface area (Å²) >= 11 is 5.68. The van der Waals surface area contributed by atoms with Gasteiger partial charge in [-0.15, -0.1) is 0 Å². The van der Waals surface area contributed by atoms with E-state index in [0.717, 1.165) is 17.7 Å². The minimum absolute atomic E-state index is 0.0612. The highest BCUT2D eigenvalue weighted by molar-refractivity contribution is 7.89. The normalized spacial score (nSPS) is 14.0. The van der Waals surface area contributed by atoms with Crippen molar-refractivity contribution in [2.75, 3.05) is 20.3 Å². The van der Waals surface area contributed by atoms with Gasteiger partial charge in [0, 0.05) is 13.6 Å². The van der Waals surface area contributed by atoms with E-state index in [2.05, 4.69) is 0 Å². The van der Waals surface area contributed by atoms with Crippen LogP contribution in [0.25, 0.3) is 0 Å². The van der Waals surface area contributed by atoms with Crippen LogP contribution in [0, 0.1) is 5.82 Å². The minimum Gasteiger partial charge on any atom is -0.486 e. The molecule has 0 radical (unpaired) electrons. The summed E-state index contributed by atoms with van der Waals surface area (Å²) in [6.45, 7) is 1.08. The second-order valence-electron chi connectivity index (χ2n) is 5.32. The molecular weight excluding hydrogens is 357 g/mol. The van der Waals surface area contributed by atoms with Crippen LogP contribution in [0.5, 0.6) is 11.5 Å². The monoisotopic (exact) mass is 371 g/mol. The third-order valence-electron chi connectivity index (χ3n) is 3.61. The first-order valence-corrected chi connectivity index (χ1v) is 8.99. The van der Waals surface area contributed by atoms with E-state index in [9.17, 15) is 12.8 Å². The van der Waals surface area contributed by atoms with Gasteiger partial charge in [0.15, 0.2) is 11.5 Å². The molecule has 2 aromatic carbocycles. The lowest BCUT2D eigenvalue weighted by Gasteiger charge is -2.21. The Labute approximate surface area is 144 Å². The van der Waals surface area contributed by atoms with E-state index in [4.69, 9.17) is 21.1 Å². The lowest BCUT2D eigenvalue weighted by atomic mass is 10.2. The molecule has 0 aliphatic carbocycles. The third-order valence-corrected chi connectivity index (χ3v) is 5.70. The molecule has 0 N–H and O–H groups in total. The molecule has 0 unspecified atom stereocenters. The van der Waals surface area contributed by atoms with Crippen molar-refractivity contribution in [1.82, 2.24) is 4.31 Å². The summed E-state index contributed by atoms with van der Waals surface area (Å²) in [5.74, 6) is 0.570. The van der Waals surface area contributed by atoms with Crippen molar-refractivity contribution >= 4 is 21.6 Å². The lowest BCUT2D eigenvalue weighted by molar-refractivity contribution is 0.171. The highest BCUT2D eigenvalue weighted by atomic mass is 35.5. The molecule has 0 fully saturated rings. The Morgan fingerprint density at radius 1 is 1.12 bits per heavy atom. The van der Waals surface area contributed by atoms with Gasteiger partial charge in [0.2, 0.25) is 10.0 Å². The Bertz CT molecular complexity index is 872. The molecule has 5 nitrogen and oxygen atoms in total. The molecule has 128 valence electrons. The topological polar surface area (TPSA) is 55.8 Å². The number of hydrogen-bond donors (Lipinski definition) is 0. The molecule has 24 heavy (non-hydrogen) atoms. The highest BCUT2D eigenvalue weighted by Gasteiger charge is 2.23. The average Bonchev–Trinajstić information content (AvgIpc) is 2.57. The Morgan fingerprint density at radius 2 is 1.83 bits per heavy atom. The predicted octanol–water partition coefficient (Wildman–Crippen LogP) is 3.07. The highest BCUT2D eigenvalue weighted by Crippen LogP contribution is 2.31. The number of halogens is 2. The Morgan fingerprint density at radius 3 is 2.54 bits per heavy atom. The zero-order valence-electron chi connectivity index (χ0n) is 12.8. The van der Waals surface area contributed by atoms with E-state index in [1.807, 2.05) is 0 Å². The molecule has 1 aliphatic rings. The van der Waals surface area contributed by atoms with Crippen molar-refractivity contribution in [1.29, 1.82) is 0 Å². The van der Waals surface area contributed by atoms with Gasteiger partial charge in [-0.25, -0.2) is 12.8 Å². The maximum absolute atomic E-state index is 13.2. The molecule has 0 amide bonds. The molecule has 8 heteroatoms. The molecule has 3 rings (SSSR count). The van der Waals surface area contributed by atoms with Crippen LogP contribution in [-0.2, 0) is 16.6 Å². The summed E-state index contributed by atoms with van der Waals surface area (Å²) in [6, 6.07) is 8.60. The van der Waals surface area contributed by atoms with Crippen molar-refractivity contribution in [3.8, 4) is 11.5 Å². The van der Waals surface area contributed by atoms with Crippen LogP contribution in [0.4, 0.5) is 4.39 Å². The quantitative estimate of drug-likeness (QED) is 0.828. The number of hydrogen-bond acceptors (Lipinski definition) is 4.